The van der Waals surface area contributed by atoms with Gasteiger partial charge in [0.05, 0.1) is 12.8 Å². The average Bonchev–Trinajstić information content (AvgIpc) is 2.99. The van der Waals surface area contributed by atoms with E-state index in [-0.39, 0.29) is 42.4 Å². The average molecular weight is 528 g/mol. The van der Waals surface area contributed by atoms with Crippen LogP contribution < -0.4 is 20.3 Å². The normalized spacial score (nSPS) is 18.0. The molecule has 1 atom stereocenters. The Morgan fingerprint density at radius 1 is 1.46 bits per heavy atom. The highest BCUT2D eigenvalue weighted by molar-refractivity contribution is 14.0. The van der Waals surface area contributed by atoms with E-state index >= 15 is 0 Å². The SMILES string of the molecule is CCNC(=NCC(C)(C)NS(C)(=O)=O)NC1CCN(c2ncccc2F)C1.I. The predicted octanol–water partition coefficient (Wildman–Crippen LogP) is 1.30. The summed E-state index contributed by atoms with van der Waals surface area (Å²) in [7, 11) is -3.32. The molecule has 1 aliphatic rings. The summed E-state index contributed by atoms with van der Waals surface area (Å²) in [6.45, 7) is 7.79. The molecule has 11 heteroatoms. The van der Waals surface area contributed by atoms with Crippen LogP contribution in [0.1, 0.15) is 27.2 Å². The number of hydrogen-bond donors (Lipinski definition) is 3. The molecule has 160 valence electrons. The fourth-order valence-corrected chi connectivity index (χ4v) is 4.07. The predicted molar refractivity (Wildman–Crippen MR) is 121 cm³/mol. The second kappa shape index (κ2) is 10.5. The van der Waals surface area contributed by atoms with E-state index in [9.17, 15) is 12.8 Å². The molecule has 0 saturated carbocycles. The standard InChI is InChI=1S/C17H29FN6O2S.HI/c1-5-19-16(21-12-17(2,3)23-27(4,25)26)22-13-8-10-24(11-13)15-14(18)7-6-9-20-15;/h6-7,9,13,23H,5,8,10-12H2,1-4H3,(H2,19,21,22);1H. The number of anilines is 1. The van der Waals surface area contributed by atoms with Crippen molar-refractivity contribution in [2.24, 2.45) is 4.99 Å². The molecule has 28 heavy (non-hydrogen) atoms. The van der Waals surface area contributed by atoms with Gasteiger partial charge in [-0.1, -0.05) is 0 Å². The van der Waals surface area contributed by atoms with Crippen molar-refractivity contribution in [1.29, 1.82) is 0 Å². The van der Waals surface area contributed by atoms with Crippen molar-refractivity contribution in [3.63, 3.8) is 0 Å². The summed E-state index contributed by atoms with van der Waals surface area (Å²) < 4.78 is 39.4. The molecule has 2 rings (SSSR count). The van der Waals surface area contributed by atoms with Gasteiger partial charge in [0.1, 0.15) is 0 Å². The molecular formula is C17H30FIN6O2S. The third kappa shape index (κ3) is 8.03. The first-order valence-corrected chi connectivity index (χ1v) is 10.9. The second-order valence-electron chi connectivity index (χ2n) is 7.34. The molecule has 0 radical (unpaired) electrons. The first-order chi connectivity index (χ1) is 12.6. The number of rotatable bonds is 7. The van der Waals surface area contributed by atoms with Gasteiger partial charge in [0.15, 0.2) is 17.6 Å². The molecule has 0 aliphatic carbocycles. The minimum absolute atomic E-state index is 0. The Morgan fingerprint density at radius 3 is 2.79 bits per heavy atom. The highest BCUT2D eigenvalue weighted by Crippen LogP contribution is 2.20. The lowest BCUT2D eigenvalue weighted by atomic mass is 10.1. The van der Waals surface area contributed by atoms with Crippen LogP contribution in [0.2, 0.25) is 0 Å². The maximum Gasteiger partial charge on any atom is 0.209 e. The summed E-state index contributed by atoms with van der Waals surface area (Å²) in [5.74, 6) is 0.642. The zero-order valence-corrected chi connectivity index (χ0v) is 19.8. The first kappa shape index (κ1) is 24.8. The minimum atomic E-state index is -3.32. The van der Waals surface area contributed by atoms with E-state index in [4.69, 9.17) is 0 Å². The molecule has 1 fully saturated rings. The Kier molecular flexibility index (Phi) is 9.34. The van der Waals surface area contributed by atoms with Crippen LogP contribution in [0, 0.1) is 5.82 Å². The summed E-state index contributed by atoms with van der Waals surface area (Å²) >= 11 is 0. The number of nitrogens with one attached hydrogen (secondary N) is 3. The lowest BCUT2D eigenvalue weighted by Gasteiger charge is -2.24. The monoisotopic (exact) mass is 528 g/mol. The molecule has 1 aromatic heterocycles. The van der Waals surface area contributed by atoms with Crippen molar-refractivity contribution in [2.45, 2.75) is 38.8 Å². The molecular weight excluding hydrogens is 498 g/mol. The lowest BCUT2D eigenvalue weighted by molar-refractivity contribution is 0.464. The number of guanidine groups is 1. The Hall–Kier alpha value is -1.21. The fraction of sp³-hybridized carbons (Fsp3) is 0.647. The van der Waals surface area contributed by atoms with Gasteiger partial charge in [0, 0.05) is 37.4 Å². The highest BCUT2D eigenvalue weighted by atomic mass is 127. The van der Waals surface area contributed by atoms with E-state index in [1.165, 1.54) is 6.07 Å². The van der Waals surface area contributed by atoms with E-state index in [1.807, 2.05) is 11.8 Å². The van der Waals surface area contributed by atoms with Gasteiger partial charge in [0.2, 0.25) is 10.0 Å². The molecule has 1 aromatic rings. The molecule has 0 aromatic carbocycles. The summed E-state index contributed by atoms with van der Waals surface area (Å²) in [6, 6.07) is 3.08. The highest BCUT2D eigenvalue weighted by Gasteiger charge is 2.26. The maximum absolute atomic E-state index is 13.9. The Labute approximate surface area is 183 Å². The maximum atomic E-state index is 13.9. The van der Waals surface area contributed by atoms with Gasteiger partial charge in [-0.2, -0.15) is 0 Å². The molecule has 8 nitrogen and oxygen atoms in total. The minimum Gasteiger partial charge on any atom is -0.357 e. The van der Waals surface area contributed by atoms with Gasteiger partial charge in [-0.05, 0) is 39.3 Å². The molecule has 0 bridgehead atoms. The van der Waals surface area contributed by atoms with Crippen LogP contribution in [0.25, 0.3) is 0 Å². The van der Waals surface area contributed by atoms with Crippen molar-refractivity contribution in [3.8, 4) is 0 Å². The Morgan fingerprint density at radius 2 is 2.18 bits per heavy atom. The van der Waals surface area contributed by atoms with Gasteiger partial charge in [-0.15, -0.1) is 24.0 Å². The summed E-state index contributed by atoms with van der Waals surface area (Å²) in [5, 5.41) is 6.51. The number of sulfonamides is 1. The number of aliphatic imine (C=N–C) groups is 1. The molecule has 0 amide bonds. The van der Waals surface area contributed by atoms with Gasteiger partial charge in [-0.25, -0.2) is 22.5 Å². The van der Waals surface area contributed by atoms with Crippen molar-refractivity contribution in [3.05, 3.63) is 24.1 Å². The number of pyridine rings is 1. The summed E-state index contributed by atoms with van der Waals surface area (Å²) in [6.07, 6.45) is 3.54. The molecule has 1 aliphatic heterocycles. The van der Waals surface area contributed by atoms with E-state index < -0.39 is 15.6 Å². The largest absolute Gasteiger partial charge is 0.357 e. The summed E-state index contributed by atoms with van der Waals surface area (Å²) in [5.41, 5.74) is -0.700. The topological polar surface area (TPSA) is 98.7 Å². The van der Waals surface area contributed by atoms with Crippen LogP contribution in [0.3, 0.4) is 0 Å². The second-order valence-corrected chi connectivity index (χ2v) is 9.09. The number of nitrogens with zero attached hydrogens (tertiary/aromatic N) is 3. The van der Waals surface area contributed by atoms with Gasteiger partial charge >= 0.3 is 0 Å². The summed E-state index contributed by atoms with van der Waals surface area (Å²) in [4.78, 5) is 10.5. The van der Waals surface area contributed by atoms with Crippen molar-refractivity contribution < 1.29 is 12.8 Å². The van der Waals surface area contributed by atoms with Crippen LogP contribution in [-0.4, -0.2) is 63.4 Å². The van der Waals surface area contributed by atoms with Gasteiger partial charge in [0.25, 0.3) is 0 Å². The smallest absolute Gasteiger partial charge is 0.209 e. The van der Waals surface area contributed by atoms with Crippen LogP contribution in [0.15, 0.2) is 23.3 Å². The Balaban J connectivity index is 0.00000392. The molecule has 2 heterocycles. The fourth-order valence-electron chi connectivity index (χ4n) is 3.00. The zero-order valence-electron chi connectivity index (χ0n) is 16.7. The number of hydrogen-bond acceptors (Lipinski definition) is 5. The van der Waals surface area contributed by atoms with Crippen LogP contribution in [0.4, 0.5) is 10.2 Å². The quantitative estimate of drug-likeness (QED) is 0.281. The number of aromatic nitrogens is 1. The van der Waals surface area contributed by atoms with Crippen molar-refractivity contribution in [2.75, 3.05) is 37.3 Å². The Bertz CT molecular complexity index is 775. The molecule has 3 N–H and O–H groups in total. The van der Waals surface area contributed by atoms with Crippen molar-refractivity contribution in [1.82, 2.24) is 20.3 Å². The third-order valence-corrected chi connectivity index (χ3v) is 4.93. The van der Waals surface area contributed by atoms with E-state index in [2.05, 4.69) is 25.3 Å². The lowest BCUT2D eigenvalue weighted by Crippen LogP contribution is -2.48. The number of halogens is 2. The zero-order chi connectivity index (χ0) is 20.1. The van der Waals surface area contributed by atoms with E-state index in [0.717, 1.165) is 12.7 Å². The molecule has 1 unspecified atom stereocenters. The van der Waals surface area contributed by atoms with E-state index in [1.54, 1.807) is 26.1 Å². The van der Waals surface area contributed by atoms with Crippen LogP contribution >= 0.6 is 24.0 Å². The van der Waals surface area contributed by atoms with Crippen molar-refractivity contribution >= 4 is 45.8 Å². The molecule has 1 saturated heterocycles. The van der Waals surface area contributed by atoms with Crippen LogP contribution in [-0.2, 0) is 10.0 Å². The first-order valence-electron chi connectivity index (χ1n) is 8.99. The van der Waals surface area contributed by atoms with Crippen LogP contribution in [0.5, 0.6) is 0 Å². The van der Waals surface area contributed by atoms with Gasteiger partial charge < -0.3 is 15.5 Å². The van der Waals surface area contributed by atoms with Gasteiger partial charge in [-0.3, -0.25) is 4.99 Å². The van der Waals surface area contributed by atoms with E-state index in [0.29, 0.717) is 31.4 Å². The third-order valence-electron chi connectivity index (χ3n) is 4.01. The molecule has 0 spiro atoms.